The third-order valence-corrected chi connectivity index (χ3v) is 5.69. The highest BCUT2D eigenvalue weighted by Crippen LogP contribution is 2.23. The summed E-state index contributed by atoms with van der Waals surface area (Å²) in [4.78, 5) is 0.352. The maximum atomic E-state index is 12.4. The molecule has 1 aliphatic carbocycles. The van der Waals surface area contributed by atoms with E-state index in [-0.39, 0.29) is 24.5 Å². The Bertz CT molecular complexity index is 557. The van der Waals surface area contributed by atoms with Crippen molar-refractivity contribution in [2.24, 2.45) is 5.73 Å². The summed E-state index contributed by atoms with van der Waals surface area (Å²) in [5.41, 5.74) is 6.57. The third-order valence-electron chi connectivity index (χ3n) is 3.52. The van der Waals surface area contributed by atoms with Gasteiger partial charge < -0.3 is 5.73 Å². The largest absolute Gasteiger partial charge is 0.328 e. The van der Waals surface area contributed by atoms with Crippen LogP contribution in [0, 0.1) is 6.92 Å². The molecule has 0 spiro atoms. The van der Waals surface area contributed by atoms with Crippen LogP contribution in [0.4, 0.5) is 0 Å². The molecular formula is C13H20BrClN2O2S. The van der Waals surface area contributed by atoms with Crippen molar-refractivity contribution >= 4 is 38.4 Å². The Kier molecular flexibility index (Phi) is 6.47. The summed E-state index contributed by atoms with van der Waals surface area (Å²) in [6.45, 7) is 1.80. The van der Waals surface area contributed by atoms with Gasteiger partial charge in [-0.25, -0.2) is 13.1 Å². The molecule has 1 aliphatic rings. The Morgan fingerprint density at radius 2 is 1.85 bits per heavy atom. The van der Waals surface area contributed by atoms with Gasteiger partial charge in [0.2, 0.25) is 10.0 Å². The lowest BCUT2D eigenvalue weighted by Crippen LogP contribution is -2.40. The molecule has 0 bridgehead atoms. The number of nitrogens with two attached hydrogens (primary N) is 1. The number of aryl methyl sites for hydroxylation is 1. The number of nitrogens with one attached hydrogen (secondary N) is 1. The zero-order valence-electron chi connectivity index (χ0n) is 11.3. The molecular weight excluding hydrogens is 364 g/mol. The van der Waals surface area contributed by atoms with Gasteiger partial charge >= 0.3 is 0 Å². The minimum Gasteiger partial charge on any atom is -0.328 e. The van der Waals surface area contributed by atoms with Crippen molar-refractivity contribution in [3.05, 3.63) is 28.2 Å². The van der Waals surface area contributed by atoms with Gasteiger partial charge in [-0.05, 0) is 56.4 Å². The van der Waals surface area contributed by atoms with E-state index in [1.165, 1.54) is 0 Å². The second-order valence-electron chi connectivity index (χ2n) is 5.14. The first-order chi connectivity index (χ1) is 8.88. The number of hydrogen-bond acceptors (Lipinski definition) is 3. The Labute approximate surface area is 135 Å². The van der Waals surface area contributed by atoms with Crippen LogP contribution in [0.2, 0.25) is 0 Å². The molecule has 7 heteroatoms. The molecule has 2 rings (SSSR count). The highest BCUT2D eigenvalue weighted by Gasteiger charge is 2.25. The van der Waals surface area contributed by atoms with Crippen molar-refractivity contribution < 1.29 is 8.42 Å². The molecule has 114 valence electrons. The Hall–Kier alpha value is -0.140. The van der Waals surface area contributed by atoms with Gasteiger partial charge in [0.1, 0.15) is 0 Å². The summed E-state index contributed by atoms with van der Waals surface area (Å²) in [5.74, 6) is 0. The van der Waals surface area contributed by atoms with E-state index in [1.807, 2.05) is 6.07 Å². The second-order valence-corrected chi connectivity index (χ2v) is 7.74. The van der Waals surface area contributed by atoms with Crippen LogP contribution in [-0.2, 0) is 10.0 Å². The van der Waals surface area contributed by atoms with Crippen molar-refractivity contribution in [3.63, 3.8) is 0 Å². The predicted octanol–water partition coefficient (Wildman–Crippen LogP) is 2.73. The normalized spacial score (nSPS) is 23.1. The van der Waals surface area contributed by atoms with Crippen LogP contribution >= 0.6 is 28.3 Å². The smallest absolute Gasteiger partial charge is 0.241 e. The average Bonchev–Trinajstić information content (AvgIpc) is 2.31. The van der Waals surface area contributed by atoms with Gasteiger partial charge in [-0.2, -0.15) is 0 Å². The van der Waals surface area contributed by atoms with Crippen molar-refractivity contribution in [2.75, 3.05) is 0 Å². The fraction of sp³-hybridized carbons (Fsp3) is 0.538. The van der Waals surface area contributed by atoms with E-state index in [0.717, 1.165) is 35.7 Å². The summed E-state index contributed by atoms with van der Waals surface area (Å²) in [7, 11) is -3.44. The van der Waals surface area contributed by atoms with Gasteiger partial charge in [-0.15, -0.1) is 12.4 Å². The lowest BCUT2D eigenvalue weighted by atomic mass is 9.93. The molecule has 0 unspecified atom stereocenters. The Balaban J connectivity index is 0.00000200. The summed E-state index contributed by atoms with van der Waals surface area (Å²) in [6, 6.07) is 5.42. The van der Waals surface area contributed by atoms with E-state index in [0.29, 0.717) is 4.90 Å². The fourth-order valence-corrected chi connectivity index (χ4v) is 4.44. The zero-order chi connectivity index (χ0) is 14.0. The van der Waals surface area contributed by atoms with E-state index < -0.39 is 10.0 Å². The van der Waals surface area contributed by atoms with Crippen LogP contribution in [0.1, 0.15) is 31.2 Å². The van der Waals surface area contributed by atoms with E-state index in [2.05, 4.69) is 20.7 Å². The second kappa shape index (κ2) is 7.22. The monoisotopic (exact) mass is 382 g/mol. The standard InChI is InChI=1S/C13H19BrN2O2S.ClH/c1-9-8-10(14)2-7-13(9)19(17,18)16-12-5-3-11(15)4-6-12;/h2,7-8,11-12,16H,3-6,15H2,1H3;1H. The third kappa shape index (κ3) is 4.43. The SMILES string of the molecule is Cc1cc(Br)ccc1S(=O)(=O)NC1CCC(N)CC1.Cl. The molecule has 1 fully saturated rings. The summed E-state index contributed by atoms with van der Waals surface area (Å²) in [6.07, 6.45) is 3.39. The maximum Gasteiger partial charge on any atom is 0.241 e. The highest BCUT2D eigenvalue weighted by molar-refractivity contribution is 9.10. The molecule has 1 saturated carbocycles. The quantitative estimate of drug-likeness (QED) is 0.843. The number of sulfonamides is 1. The first-order valence-electron chi connectivity index (χ1n) is 6.42. The van der Waals surface area contributed by atoms with Crippen LogP contribution in [-0.4, -0.2) is 20.5 Å². The van der Waals surface area contributed by atoms with Crippen LogP contribution < -0.4 is 10.5 Å². The molecule has 4 nitrogen and oxygen atoms in total. The van der Waals surface area contributed by atoms with Gasteiger partial charge in [-0.3, -0.25) is 0 Å². The first-order valence-corrected chi connectivity index (χ1v) is 8.70. The van der Waals surface area contributed by atoms with Crippen LogP contribution in [0.25, 0.3) is 0 Å². The van der Waals surface area contributed by atoms with Gasteiger partial charge in [0.15, 0.2) is 0 Å². The Morgan fingerprint density at radius 3 is 2.40 bits per heavy atom. The summed E-state index contributed by atoms with van der Waals surface area (Å²) >= 11 is 3.34. The zero-order valence-corrected chi connectivity index (χ0v) is 14.5. The molecule has 1 aromatic rings. The maximum absolute atomic E-state index is 12.4. The van der Waals surface area contributed by atoms with Crippen LogP contribution in [0.5, 0.6) is 0 Å². The minimum atomic E-state index is -3.44. The van der Waals surface area contributed by atoms with Gasteiger partial charge in [0, 0.05) is 16.6 Å². The molecule has 3 N–H and O–H groups in total. The van der Waals surface area contributed by atoms with Gasteiger partial charge in [0.25, 0.3) is 0 Å². The molecule has 20 heavy (non-hydrogen) atoms. The van der Waals surface area contributed by atoms with E-state index in [4.69, 9.17) is 5.73 Å². The highest BCUT2D eigenvalue weighted by atomic mass is 79.9. The molecule has 0 aromatic heterocycles. The van der Waals surface area contributed by atoms with Crippen LogP contribution in [0.15, 0.2) is 27.6 Å². The van der Waals surface area contributed by atoms with E-state index >= 15 is 0 Å². The number of benzene rings is 1. The van der Waals surface area contributed by atoms with E-state index in [1.54, 1.807) is 19.1 Å². The minimum absolute atomic E-state index is 0. The number of rotatable bonds is 3. The predicted molar refractivity (Wildman–Crippen MR) is 86.7 cm³/mol. The lowest BCUT2D eigenvalue weighted by molar-refractivity contribution is 0.373. The molecule has 0 atom stereocenters. The molecule has 0 aliphatic heterocycles. The molecule has 0 heterocycles. The van der Waals surface area contributed by atoms with Gasteiger partial charge in [0.05, 0.1) is 4.90 Å². The summed E-state index contributed by atoms with van der Waals surface area (Å²) < 4.78 is 28.4. The number of halogens is 2. The molecule has 1 aromatic carbocycles. The average molecular weight is 384 g/mol. The van der Waals surface area contributed by atoms with Crippen molar-refractivity contribution in [1.82, 2.24) is 4.72 Å². The molecule has 0 amide bonds. The van der Waals surface area contributed by atoms with Crippen molar-refractivity contribution in [3.8, 4) is 0 Å². The molecule has 0 saturated heterocycles. The number of hydrogen-bond donors (Lipinski definition) is 2. The van der Waals surface area contributed by atoms with Gasteiger partial charge in [-0.1, -0.05) is 15.9 Å². The van der Waals surface area contributed by atoms with Crippen molar-refractivity contribution in [1.29, 1.82) is 0 Å². The van der Waals surface area contributed by atoms with E-state index in [9.17, 15) is 8.42 Å². The molecule has 0 radical (unpaired) electrons. The lowest BCUT2D eigenvalue weighted by Gasteiger charge is -2.26. The fourth-order valence-electron chi connectivity index (χ4n) is 2.43. The topological polar surface area (TPSA) is 72.2 Å². The van der Waals surface area contributed by atoms with Crippen molar-refractivity contribution in [2.45, 2.75) is 49.6 Å². The first kappa shape index (κ1) is 17.9. The Morgan fingerprint density at radius 1 is 1.25 bits per heavy atom. The summed E-state index contributed by atoms with van der Waals surface area (Å²) in [5, 5.41) is 0. The van der Waals surface area contributed by atoms with Crippen LogP contribution in [0.3, 0.4) is 0 Å².